The minimum absolute atomic E-state index is 0.166. The van der Waals surface area contributed by atoms with Gasteiger partial charge in [-0.25, -0.2) is 0 Å². The van der Waals surface area contributed by atoms with Crippen LogP contribution >= 0.6 is 0 Å². The van der Waals surface area contributed by atoms with E-state index in [1.165, 1.54) is 0 Å². The highest BCUT2D eigenvalue weighted by Gasteiger charge is 2.24. The Hall–Kier alpha value is -1.02. The lowest BCUT2D eigenvalue weighted by Gasteiger charge is -2.17. The van der Waals surface area contributed by atoms with Crippen LogP contribution in [0.4, 0.5) is 5.69 Å². The van der Waals surface area contributed by atoms with Gasteiger partial charge in [0.05, 0.1) is 12.1 Å². The molecule has 2 heteroatoms. The number of aliphatic hydroxyl groups excluding tert-OH is 1. The Bertz CT molecular complexity index is 260. The topological polar surface area (TPSA) is 32.3 Å². The van der Waals surface area contributed by atoms with Crippen molar-refractivity contribution in [2.24, 2.45) is 0 Å². The molecule has 2 N–H and O–H groups in total. The Morgan fingerprint density at radius 3 is 2.54 bits per heavy atom. The largest absolute Gasteiger partial charge is 0.391 e. The average Bonchev–Trinajstić information content (AvgIpc) is 2.54. The molecular formula is C11H15NO. The first-order valence-electron chi connectivity index (χ1n) is 4.86. The van der Waals surface area contributed by atoms with Gasteiger partial charge in [-0.3, -0.25) is 0 Å². The molecule has 1 aliphatic carbocycles. The van der Waals surface area contributed by atoms with Crippen LogP contribution in [0.2, 0.25) is 0 Å². The van der Waals surface area contributed by atoms with Gasteiger partial charge in [-0.2, -0.15) is 0 Å². The van der Waals surface area contributed by atoms with Crippen LogP contribution in [0, 0.1) is 0 Å². The summed E-state index contributed by atoms with van der Waals surface area (Å²) >= 11 is 0. The van der Waals surface area contributed by atoms with Crippen molar-refractivity contribution in [2.75, 3.05) is 5.32 Å². The first-order valence-corrected chi connectivity index (χ1v) is 4.86. The summed E-state index contributed by atoms with van der Waals surface area (Å²) in [6.07, 6.45) is 2.98. The Morgan fingerprint density at radius 1 is 1.15 bits per heavy atom. The summed E-state index contributed by atoms with van der Waals surface area (Å²) in [6.45, 7) is 0. The fourth-order valence-corrected chi connectivity index (χ4v) is 1.86. The monoisotopic (exact) mass is 177 g/mol. The van der Waals surface area contributed by atoms with Gasteiger partial charge in [0, 0.05) is 5.69 Å². The molecule has 70 valence electrons. The zero-order valence-electron chi connectivity index (χ0n) is 7.61. The second-order valence-electron chi connectivity index (χ2n) is 3.62. The lowest BCUT2D eigenvalue weighted by Crippen LogP contribution is -2.27. The van der Waals surface area contributed by atoms with Crippen LogP contribution in [0.3, 0.4) is 0 Å². The van der Waals surface area contributed by atoms with Gasteiger partial charge in [-0.1, -0.05) is 18.2 Å². The molecule has 0 spiro atoms. The van der Waals surface area contributed by atoms with Crippen LogP contribution in [0.1, 0.15) is 19.3 Å². The molecule has 1 aromatic rings. The normalized spacial score (nSPS) is 27.5. The second-order valence-corrected chi connectivity index (χ2v) is 3.62. The van der Waals surface area contributed by atoms with E-state index in [9.17, 15) is 5.11 Å². The maximum Gasteiger partial charge on any atom is 0.0741 e. The second kappa shape index (κ2) is 3.79. The Balaban J connectivity index is 1.98. The highest BCUT2D eigenvalue weighted by molar-refractivity contribution is 5.43. The van der Waals surface area contributed by atoms with Crippen molar-refractivity contribution in [1.29, 1.82) is 0 Å². The average molecular weight is 177 g/mol. The van der Waals surface area contributed by atoms with Crippen molar-refractivity contribution in [3.8, 4) is 0 Å². The number of rotatable bonds is 2. The number of aliphatic hydroxyl groups is 1. The zero-order valence-corrected chi connectivity index (χ0v) is 7.61. The van der Waals surface area contributed by atoms with Crippen molar-refractivity contribution < 1.29 is 5.11 Å². The van der Waals surface area contributed by atoms with E-state index in [1.54, 1.807) is 0 Å². The molecule has 1 aliphatic rings. The first kappa shape index (κ1) is 8.57. The molecule has 1 aromatic carbocycles. The number of para-hydroxylation sites is 1. The first-order chi connectivity index (χ1) is 6.36. The molecule has 0 aromatic heterocycles. The molecule has 0 aliphatic heterocycles. The quantitative estimate of drug-likeness (QED) is 0.724. The van der Waals surface area contributed by atoms with E-state index in [2.05, 4.69) is 5.32 Å². The Kier molecular flexibility index (Phi) is 2.50. The Labute approximate surface area is 78.6 Å². The van der Waals surface area contributed by atoms with Gasteiger partial charge < -0.3 is 10.4 Å². The predicted molar refractivity (Wildman–Crippen MR) is 53.7 cm³/mol. The lowest BCUT2D eigenvalue weighted by molar-refractivity contribution is 0.172. The van der Waals surface area contributed by atoms with Crippen molar-refractivity contribution in [1.82, 2.24) is 0 Å². The van der Waals surface area contributed by atoms with E-state index in [1.807, 2.05) is 30.3 Å². The summed E-state index contributed by atoms with van der Waals surface area (Å²) in [5, 5.41) is 12.9. The van der Waals surface area contributed by atoms with Crippen molar-refractivity contribution in [3.63, 3.8) is 0 Å². The van der Waals surface area contributed by atoms with Crippen LogP contribution in [0.5, 0.6) is 0 Å². The van der Waals surface area contributed by atoms with Crippen molar-refractivity contribution in [3.05, 3.63) is 30.3 Å². The smallest absolute Gasteiger partial charge is 0.0741 e. The molecule has 1 saturated carbocycles. The number of hydrogen-bond donors (Lipinski definition) is 2. The van der Waals surface area contributed by atoms with Gasteiger partial charge in [0.25, 0.3) is 0 Å². The molecule has 0 radical (unpaired) electrons. The maximum atomic E-state index is 9.59. The third-order valence-electron chi connectivity index (χ3n) is 2.61. The molecule has 13 heavy (non-hydrogen) atoms. The van der Waals surface area contributed by atoms with Gasteiger partial charge in [0.2, 0.25) is 0 Å². The molecular weight excluding hydrogens is 162 g/mol. The summed E-state index contributed by atoms with van der Waals surface area (Å²) in [5.41, 5.74) is 1.11. The summed E-state index contributed by atoms with van der Waals surface area (Å²) in [4.78, 5) is 0. The number of nitrogens with one attached hydrogen (secondary N) is 1. The highest BCUT2D eigenvalue weighted by Crippen LogP contribution is 2.22. The summed E-state index contributed by atoms with van der Waals surface area (Å²) in [7, 11) is 0. The van der Waals surface area contributed by atoms with Gasteiger partial charge in [0.1, 0.15) is 0 Å². The van der Waals surface area contributed by atoms with E-state index in [-0.39, 0.29) is 12.1 Å². The zero-order chi connectivity index (χ0) is 9.10. The van der Waals surface area contributed by atoms with E-state index in [0.717, 1.165) is 24.9 Å². The SMILES string of the molecule is O[C@H]1CCC[C@H]1Nc1ccccc1. The minimum atomic E-state index is -0.166. The summed E-state index contributed by atoms with van der Waals surface area (Å²) < 4.78 is 0. The molecule has 0 saturated heterocycles. The predicted octanol–water partition coefficient (Wildman–Crippen LogP) is 2.01. The van der Waals surface area contributed by atoms with Gasteiger partial charge >= 0.3 is 0 Å². The summed E-state index contributed by atoms with van der Waals surface area (Å²) in [6, 6.07) is 10.3. The van der Waals surface area contributed by atoms with E-state index in [4.69, 9.17) is 0 Å². The molecule has 0 unspecified atom stereocenters. The number of anilines is 1. The van der Waals surface area contributed by atoms with E-state index < -0.39 is 0 Å². The summed E-state index contributed by atoms with van der Waals surface area (Å²) in [5.74, 6) is 0. The number of benzene rings is 1. The fraction of sp³-hybridized carbons (Fsp3) is 0.455. The molecule has 1 fully saturated rings. The van der Waals surface area contributed by atoms with E-state index in [0.29, 0.717) is 0 Å². The van der Waals surface area contributed by atoms with Gasteiger partial charge in [0.15, 0.2) is 0 Å². The highest BCUT2D eigenvalue weighted by atomic mass is 16.3. The standard InChI is InChI=1S/C11H15NO/c13-11-8-4-7-10(11)12-9-5-2-1-3-6-9/h1-3,5-6,10-13H,4,7-8H2/t10-,11+/m1/s1. The lowest BCUT2D eigenvalue weighted by atomic mass is 10.2. The van der Waals surface area contributed by atoms with Gasteiger partial charge in [-0.15, -0.1) is 0 Å². The minimum Gasteiger partial charge on any atom is -0.391 e. The molecule has 0 amide bonds. The van der Waals surface area contributed by atoms with Crippen LogP contribution in [-0.2, 0) is 0 Å². The van der Waals surface area contributed by atoms with Gasteiger partial charge in [-0.05, 0) is 31.4 Å². The molecule has 2 atom stereocenters. The third kappa shape index (κ3) is 2.01. The van der Waals surface area contributed by atoms with Crippen molar-refractivity contribution >= 4 is 5.69 Å². The van der Waals surface area contributed by atoms with Crippen molar-refractivity contribution in [2.45, 2.75) is 31.4 Å². The van der Waals surface area contributed by atoms with Crippen LogP contribution < -0.4 is 5.32 Å². The molecule has 2 nitrogen and oxygen atoms in total. The Morgan fingerprint density at radius 2 is 1.92 bits per heavy atom. The van der Waals surface area contributed by atoms with Crippen LogP contribution in [0.15, 0.2) is 30.3 Å². The van der Waals surface area contributed by atoms with E-state index >= 15 is 0 Å². The molecule has 0 heterocycles. The fourth-order valence-electron chi connectivity index (χ4n) is 1.86. The molecule has 0 bridgehead atoms. The molecule has 2 rings (SSSR count). The number of hydrogen-bond acceptors (Lipinski definition) is 2. The van der Waals surface area contributed by atoms with Crippen LogP contribution in [0.25, 0.3) is 0 Å². The maximum absolute atomic E-state index is 9.59. The van der Waals surface area contributed by atoms with Crippen LogP contribution in [-0.4, -0.2) is 17.3 Å². The third-order valence-corrected chi connectivity index (χ3v) is 2.61.